The monoisotopic (exact) mass is 232 g/mol. The predicted molar refractivity (Wildman–Crippen MR) is 59.4 cm³/mol. The maximum absolute atomic E-state index is 11.2. The molecule has 0 fully saturated rings. The maximum atomic E-state index is 11.2. The van der Waals surface area contributed by atoms with Gasteiger partial charge in [-0.3, -0.25) is 4.79 Å². The van der Waals surface area contributed by atoms with E-state index in [1.807, 2.05) is 13.8 Å². The van der Waals surface area contributed by atoms with E-state index in [1.54, 1.807) is 7.11 Å². The van der Waals surface area contributed by atoms with Gasteiger partial charge in [0.15, 0.2) is 0 Å². The van der Waals surface area contributed by atoms with E-state index in [4.69, 9.17) is 9.84 Å². The molecule has 0 aromatic rings. The van der Waals surface area contributed by atoms with E-state index in [9.17, 15) is 9.59 Å². The zero-order valence-corrected chi connectivity index (χ0v) is 10.0. The highest BCUT2D eigenvalue weighted by molar-refractivity contribution is 5.75. The van der Waals surface area contributed by atoms with Crippen molar-refractivity contribution < 1.29 is 19.4 Å². The number of carbonyl (C=O) groups is 2. The Morgan fingerprint density at radius 1 is 1.38 bits per heavy atom. The quantitative estimate of drug-likeness (QED) is 0.599. The summed E-state index contributed by atoms with van der Waals surface area (Å²) < 4.78 is 5.24. The van der Waals surface area contributed by atoms with Gasteiger partial charge in [-0.25, -0.2) is 4.79 Å². The minimum Gasteiger partial charge on any atom is -0.481 e. The van der Waals surface area contributed by atoms with Crippen molar-refractivity contribution in [2.24, 2.45) is 0 Å². The molecule has 0 saturated carbocycles. The number of methoxy groups -OCH3 is 1. The molecule has 94 valence electrons. The van der Waals surface area contributed by atoms with Crippen LogP contribution in [0.25, 0.3) is 0 Å². The molecule has 6 nitrogen and oxygen atoms in total. The average Bonchev–Trinajstić information content (AvgIpc) is 2.25. The summed E-state index contributed by atoms with van der Waals surface area (Å²) in [7, 11) is 1.59. The number of aliphatic carboxylic acids is 1. The van der Waals surface area contributed by atoms with Crippen LogP contribution in [0.1, 0.15) is 26.7 Å². The third-order valence-corrected chi connectivity index (χ3v) is 2.49. The third-order valence-electron chi connectivity index (χ3n) is 2.49. The SMILES string of the molecule is CCC(C)(CNC(=O)NCCC(=O)O)OC. The largest absolute Gasteiger partial charge is 0.481 e. The van der Waals surface area contributed by atoms with E-state index in [0.29, 0.717) is 6.54 Å². The van der Waals surface area contributed by atoms with E-state index < -0.39 is 5.97 Å². The van der Waals surface area contributed by atoms with Crippen LogP contribution in [0.5, 0.6) is 0 Å². The number of rotatable bonds is 7. The van der Waals surface area contributed by atoms with Crippen LogP contribution in [-0.4, -0.2) is 42.9 Å². The second kappa shape index (κ2) is 7.05. The van der Waals surface area contributed by atoms with Gasteiger partial charge in [-0.05, 0) is 13.3 Å². The van der Waals surface area contributed by atoms with Crippen molar-refractivity contribution in [1.29, 1.82) is 0 Å². The first-order valence-electron chi connectivity index (χ1n) is 5.22. The summed E-state index contributed by atoms with van der Waals surface area (Å²) >= 11 is 0. The molecular weight excluding hydrogens is 212 g/mol. The maximum Gasteiger partial charge on any atom is 0.314 e. The van der Waals surface area contributed by atoms with Crippen LogP contribution < -0.4 is 10.6 Å². The molecule has 0 aromatic heterocycles. The van der Waals surface area contributed by atoms with Gasteiger partial charge in [-0.1, -0.05) is 6.92 Å². The van der Waals surface area contributed by atoms with Gasteiger partial charge in [0.1, 0.15) is 0 Å². The molecule has 16 heavy (non-hydrogen) atoms. The molecule has 1 unspecified atom stereocenters. The fourth-order valence-electron chi connectivity index (χ4n) is 0.954. The molecule has 0 bridgehead atoms. The topological polar surface area (TPSA) is 87.7 Å². The van der Waals surface area contributed by atoms with Crippen LogP contribution >= 0.6 is 0 Å². The van der Waals surface area contributed by atoms with Crippen LogP contribution in [0.15, 0.2) is 0 Å². The number of carboxylic acids is 1. The molecule has 0 spiro atoms. The zero-order valence-electron chi connectivity index (χ0n) is 10.0. The Morgan fingerprint density at radius 3 is 2.44 bits per heavy atom. The number of carboxylic acid groups (broad SMARTS) is 1. The van der Waals surface area contributed by atoms with Gasteiger partial charge < -0.3 is 20.5 Å². The first kappa shape index (κ1) is 14.7. The van der Waals surface area contributed by atoms with E-state index >= 15 is 0 Å². The Hall–Kier alpha value is -1.30. The number of nitrogens with one attached hydrogen (secondary N) is 2. The summed E-state index contributed by atoms with van der Waals surface area (Å²) in [6.45, 7) is 4.37. The molecule has 0 aromatic carbocycles. The summed E-state index contributed by atoms with van der Waals surface area (Å²) in [6.07, 6.45) is 0.696. The van der Waals surface area contributed by atoms with Crippen molar-refractivity contribution in [3.05, 3.63) is 0 Å². The highest BCUT2D eigenvalue weighted by atomic mass is 16.5. The van der Waals surface area contributed by atoms with Gasteiger partial charge in [0.05, 0.1) is 12.0 Å². The summed E-state index contributed by atoms with van der Waals surface area (Å²) in [5.41, 5.74) is -0.385. The van der Waals surface area contributed by atoms with Crippen molar-refractivity contribution in [1.82, 2.24) is 10.6 Å². The third kappa shape index (κ3) is 6.23. The van der Waals surface area contributed by atoms with Gasteiger partial charge in [0.25, 0.3) is 0 Å². The standard InChI is InChI=1S/C10H20N2O4/c1-4-10(2,16-3)7-12-9(15)11-6-5-8(13)14/h4-7H2,1-3H3,(H,13,14)(H2,11,12,15). The number of ether oxygens (including phenoxy) is 1. The summed E-state index contributed by atoms with van der Waals surface area (Å²) in [4.78, 5) is 21.4. The minimum absolute atomic E-state index is 0.0806. The molecule has 0 saturated heterocycles. The minimum atomic E-state index is -0.935. The normalized spacial score (nSPS) is 13.9. The molecule has 1 atom stereocenters. The Kier molecular flexibility index (Phi) is 6.48. The molecule has 0 aliphatic carbocycles. The molecule has 0 radical (unpaired) electrons. The number of urea groups is 1. The Balaban J connectivity index is 3.76. The second-order valence-corrected chi connectivity index (χ2v) is 3.76. The lowest BCUT2D eigenvalue weighted by Gasteiger charge is -2.26. The lowest BCUT2D eigenvalue weighted by atomic mass is 10.0. The summed E-state index contributed by atoms with van der Waals surface area (Å²) in [6, 6.07) is -0.377. The smallest absolute Gasteiger partial charge is 0.314 e. The van der Waals surface area contributed by atoms with Crippen LogP contribution in [0.4, 0.5) is 4.79 Å². The number of hydrogen-bond acceptors (Lipinski definition) is 3. The fraction of sp³-hybridized carbons (Fsp3) is 0.800. The van der Waals surface area contributed by atoms with Crippen molar-refractivity contribution in [2.75, 3.05) is 20.2 Å². The Bertz CT molecular complexity index is 239. The van der Waals surface area contributed by atoms with Crippen LogP contribution in [0, 0.1) is 0 Å². The van der Waals surface area contributed by atoms with Gasteiger partial charge in [0, 0.05) is 20.2 Å². The van der Waals surface area contributed by atoms with Gasteiger partial charge >= 0.3 is 12.0 Å². The Labute approximate surface area is 95.4 Å². The van der Waals surface area contributed by atoms with E-state index in [2.05, 4.69) is 10.6 Å². The molecular formula is C10H20N2O4. The van der Waals surface area contributed by atoms with Crippen molar-refractivity contribution in [2.45, 2.75) is 32.3 Å². The van der Waals surface area contributed by atoms with E-state index in [1.165, 1.54) is 0 Å². The fourth-order valence-corrected chi connectivity index (χ4v) is 0.954. The highest BCUT2D eigenvalue weighted by Crippen LogP contribution is 2.11. The van der Waals surface area contributed by atoms with Gasteiger partial charge in [-0.2, -0.15) is 0 Å². The number of carbonyl (C=O) groups excluding carboxylic acids is 1. The highest BCUT2D eigenvalue weighted by Gasteiger charge is 2.21. The second-order valence-electron chi connectivity index (χ2n) is 3.76. The zero-order chi connectivity index (χ0) is 12.6. The van der Waals surface area contributed by atoms with Crippen molar-refractivity contribution in [3.63, 3.8) is 0 Å². The number of amides is 2. The van der Waals surface area contributed by atoms with E-state index in [0.717, 1.165) is 6.42 Å². The molecule has 3 N–H and O–H groups in total. The lowest BCUT2D eigenvalue weighted by molar-refractivity contribution is -0.136. The van der Waals surface area contributed by atoms with Crippen molar-refractivity contribution >= 4 is 12.0 Å². The first-order valence-corrected chi connectivity index (χ1v) is 5.22. The van der Waals surface area contributed by atoms with Crippen LogP contribution in [0.3, 0.4) is 0 Å². The average molecular weight is 232 g/mol. The van der Waals surface area contributed by atoms with E-state index in [-0.39, 0.29) is 24.6 Å². The van der Waals surface area contributed by atoms with Crippen LogP contribution in [-0.2, 0) is 9.53 Å². The molecule has 0 rings (SSSR count). The molecule has 0 aliphatic heterocycles. The summed E-state index contributed by atoms with van der Waals surface area (Å²) in [5, 5.41) is 13.4. The Morgan fingerprint density at radius 2 is 2.00 bits per heavy atom. The predicted octanol–water partition coefficient (Wildman–Crippen LogP) is 0.575. The lowest BCUT2D eigenvalue weighted by Crippen LogP contribution is -2.45. The van der Waals surface area contributed by atoms with Crippen LogP contribution in [0.2, 0.25) is 0 Å². The van der Waals surface area contributed by atoms with Crippen molar-refractivity contribution in [3.8, 4) is 0 Å². The molecule has 6 heteroatoms. The van der Waals surface area contributed by atoms with Gasteiger partial charge in [0.2, 0.25) is 0 Å². The first-order chi connectivity index (χ1) is 7.43. The molecule has 0 aliphatic rings. The molecule has 0 heterocycles. The molecule has 2 amide bonds. The van der Waals surface area contributed by atoms with Gasteiger partial charge in [-0.15, -0.1) is 0 Å². The number of hydrogen-bond donors (Lipinski definition) is 3. The summed E-state index contributed by atoms with van der Waals surface area (Å²) in [5.74, 6) is -0.935.